The van der Waals surface area contributed by atoms with Crippen molar-refractivity contribution in [2.24, 2.45) is 0 Å². The van der Waals surface area contributed by atoms with Crippen LogP contribution < -0.4 is 4.74 Å². The third kappa shape index (κ3) is 1.97. The van der Waals surface area contributed by atoms with Crippen LogP contribution in [0.25, 0.3) is 0 Å². The van der Waals surface area contributed by atoms with Crippen LogP contribution in [0, 0.1) is 5.82 Å². The van der Waals surface area contributed by atoms with Crippen LogP contribution in [0.4, 0.5) is 4.39 Å². The van der Waals surface area contributed by atoms with Crippen LogP contribution in [0.5, 0.6) is 5.75 Å². The highest BCUT2D eigenvalue weighted by molar-refractivity contribution is 7.08. The number of carbonyl (C=O) groups excluding carboxylic acids is 1. The normalized spacial score (nSPS) is 10.1. The molecule has 0 saturated carbocycles. The summed E-state index contributed by atoms with van der Waals surface area (Å²) in [6, 6.07) is 5.62. The molecule has 16 heavy (non-hydrogen) atoms. The Labute approximate surface area is 96.3 Å². The van der Waals surface area contributed by atoms with Crippen molar-refractivity contribution in [1.82, 2.24) is 0 Å². The molecule has 0 spiro atoms. The van der Waals surface area contributed by atoms with Gasteiger partial charge in [-0.15, -0.1) is 0 Å². The molecule has 0 atom stereocenters. The summed E-state index contributed by atoms with van der Waals surface area (Å²) in [6.07, 6.45) is 0. The molecule has 0 N–H and O–H groups in total. The minimum Gasteiger partial charge on any atom is -0.496 e. The molecule has 1 aromatic carbocycles. The van der Waals surface area contributed by atoms with E-state index in [1.165, 1.54) is 36.6 Å². The molecule has 1 aromatic heterocycles. The van der Waals surface area contributed by atoms with Gasteiger partial charge in [0.25, 0.3) is 0 Å². The first-order valence-electron chi connectivity index (χ1n) is 4.63. The van der Waals surface area contributed by atoms with Gasteiger partial charge in [-0.25, -0.2) is 4.39 Å². The van der Waals surface area contributed by atoms with E-state index >= 15 is 0 Å². The lowest BCUT2D eigenvalue weighted by Crippen LogP contribution is -2.03. The van der Waals surface area contributed by atoms with Crippen molar-refractivity contribution >= 4 is 17.1 Å². The summed E-state index contributed by atoms with van der Waals surface area (Å²) in [5, 5.41) is 3.53. The molecule has 82 valence electrons. The molecule has 0 aliphatic heterocycles. The van der Waals surface area contributed by atoms with Crippen molar-refractivity contribution < 1.29 is 13.9 Å². The van der Waals surface area contributed by atoms with Crippen LogP contribution >= 0.6 is 11.3 Å². The molecule has 2 nitrogen and oxygen atoms in total. The number of hydrogen-bond donors (Lipinski definition) is 0. The van der Waals surface area contributed by atoms with Gasteiger partial charge in [-0.05, 0) is 29.6 Å². The Balaban J connectivity index is 2.47. The summed E-state index contributed by atoms with van der Waals surface area (Å²) < 4.78 is 18.1. The molecule has 0 aliphatic carbocycles. The molecular formula is C12H9FO2S. The lowest BCUT2D eigenvalue weighted by Gasteiger charge is -2.06. The monoisotopic (exact) mass is 236 g/mol. The number of hydrogen-bond acceptors (Lipinski definition) is 3. The van der Waals surface area contributed by atoms with E-state index in [4.69, 9.17) is 4.74 Å². The zero-order valence-electron chi connectivity index (χ0n) is 8.57. The Morgan fingerprint density at radius 1 is 1.38 bits per heavy atom. The summed E-state index contributed by atoms with van der Waals surface area (Å²) in [4.78, 5) is 12.0. The lowest BCUT2D eigenvalue weighted by molar-refractivity contribution is 0.103. The molecule has 0 fully saturated rings. The number of ketones is 1. The van der Waals surface area contributed by atoms with Gasteiger partial charge in [0.2, 0.25) is 0 Å². The fourth-order valence-corrected chi connectivity index (χ4v) is 2.04. The maximum Gasteiger partial charge on any atom is 0.197 e. The first-order valence-corrected chi connectivity index (χ1v) is 5.57. The Morgan fingerprint density at radius 2 is 2.19 bits per heavy atom. The van der Waals surface area contributed by atoms with Crippen LogP contribution in [-0.2, 0) is 0 Å². The summed E-state index contributed by atoms with van der Waals surface area (Å²) in [7, 11) is 1.46. The quantitative estimate of drug-likeness (QED) is 0.765. The Kier molecular flexibility index (Phi) is 3.01. The maximum absolute atomic E-state index is 13.1. The molecule has 2 rings (SSSR count). The van der Waals surface area contributed by atoms with Gasteiger partial charge >= 0.3 is 0 Å². The van der Waals surface area contributed by atoms with Crippen LogP contribution in [-0.4, -0.2) is 12.9 Å². The van der Waals surface area contributed by atoms with E-state index in [9.17, 15) is 9.18 Å². The molecule has 0 unspecified atom stereocenters. The van der Waals surface area contributed by atoms with Crippen LogP contribution in [0.1, 0.15) is 15.9 Å². The van der Waals surface area contributed by atoms with E-state index in [1.54, 1.807) is 16.8 Å². The number of halogens is 1. The van der Waals surface area contributed by atoms with Crippen LogP contribution in [0.2, 0.25) is 0 Å². The summed E-state index contributed by atoms with van der Waals surface area (Å²) >= 11 is 1.42. The average molecular weight is 236 g/mol. The SMILES string of the molecule is COc1ccc(F)cc1C(=O)c1ccsc1. The first kappa shape index (κ1) is 10.8. The number of carbonyl (C=O) groups is 1. The van der Waals surface area contributed by atoms with Crippen molar-refractivity contribution in [2.75, 3.05) is 7.11 Å². The Hall–Kier alpha value is -1.68. The summed E-state index contributed by atoms with van der Waals surface area (Å²) in [5.74, 6) is -0.283. The van der Waals surface area contributed by atoms with Gasteiger partial charge in [-0.3, -0.25) is 4.79 Å². The van der Waals surface area contributed by atoms with E-state index in [0.29, 0.717) is 11.3 Å². The van der Waals surface area contributed by atoms with Crippen molar-refractivity contribution in [3.05, 3.63) is 52.0 Å². The topological polar surface area (TPSA) is 26.3 Å². The summed E-state index contributed by atoms with van der Waals surface area (Å²) in [6.45, 7) is 0. The van der Waals surface area contributed by atoms with Crippen molar-refractivity contribution in [3.63, 3.8) is 0 Å². The molecule has 0 saturated heterocycles. The standard InChI is InChI=1S/C12H9FO2S/c1-15-11-3-2-9(13)6-10(11)12(14)8-4-5-16-7-8/h2-7H,1H3. The molecule has 4 heteroatoms. The molecule has 0 amide bonds. The van der Waals surface area contributed by atoms with Gasteiger partial charge in [0, 0.05) is 10.9 Å². The van der Waals surface area contributed by atoms with E-state index in [0.717, 1.165) is 0 Å². The number of ether oxygens (including phenoxy) is 1. The van der Waals surface area contributed by atoms with Gasteiger partial charge in [-0.2, -0.15) is 11.3 Å². The van der Waals surface area contributed by atoms with Gasteiger partial charge < -0.3 is 4.74 Å². The number of benzene rings is 1. The van der Waals surface area contributed by atoms with Crippen molar-refractivity contribution in [3.8, 4) is 5.75 Å². The molecule has 1 heterocycles. The zero-order chi connectivity index (χ0) is 11.5. The number of methoxy groups -OCH3 is 1. The average Bonchev–Trinajstić information content (AvgIpc) is 2.81. The lowest BCUT2D eigenvalue weighted by atomic mass is 10.1. The highest BCUT2D eigenvalue weighted by Gasteiger charge is 2.15. The van der Waals surface area contributed by atoms with Crippen molar-refractivity contribution in [2.45, 2.75) is 0 Å². The minimum absolute atomic E-state index is 0.224. The minimum atomic E-state index is -0.445. The largest absolute Gasteiger partial charge is 0.496 e. The third-order valence-corrected chi connectivity index (χ3v) is 2.87. The van der Waals surface area contributed by atoms with E-state index < -0.39 is 5.82 Å². The second-order valence-electron chi connectivity index (χ2n) is 3.19. The van der Waals surface area contributed by atoms with Crippen LogP contribution in [0.15, 0.2) is 35.0 Å². The molecule has 0 aliphatic rings. The van der Waals surface area contributed by atoms with Gasteiger partial charge in [-0.1, -0.05) is 0 Å². The number of thiophene rings is 1. The van der Waals surface area contributed by atoms with Crippen molar-refractivity contribution in [1.29, 1.82) is 0 Å². The van der Waals surface area contributed by atoms with E-state index in [1.807, 2.05) is 0 Å². The Bertz CT molecular complexity index is 506. The van der Waals surface area contributed by atoms with Gasteiger partial charge in [0.15, 0.2) is 5.78 Å². The van der Waals surface area contributed by atoms with Crippen LogP contribution in [0.3, 0.4) is 0 Å². The molecule has 0 radical (unpaired) electrons. The summed E-state index contributed by atoms with van der Waals surface area (Å²) in [5.41, 5.74) is 0.801. The molecule has 0 bridgehead atoms. The van der Waals surface area contributed by atoms with Gasteiger partial charge in [0.1, 0.15) is 11.6 Å². The fourth-order valence-electron chi connectivity index (χ4n) is 1.41. The first-order chi connectivity index (χ1) is 7.72. The van der Waals surface area contributed by atoms with E-state index in [-0.39, 0.29) is 11.3 Å². The molecule has 2 aromatic rings. The highest BCUT2D eigenvalue weighted by Crippen LogP contribution is 2.23. The third-order valence-electron chi connectivity index (χ3n) is 2.19. The second-order valence-corrected chi connectivity index (χ2v) is 3.97. The second kappa shape index (κ2) is 4.45. The smallest absolute Gasteiger partial charge is 0.197 e. The highest BCUT2D eigenvalue weighted by atomic mass is 32.1. The number of rotatable bonds is 3. The zero-order valence-corrected chi connectivity index (χ0v) is 9.38. The predicted octanol–water partition coefficient (Wildman–Crippen LogP) is 3.13. The van der Waals surface area contributed by atoms with E-state index in [2.05, 4.69) is 0 Å². The maximum atomic E-state index is 13.1. The fraction of sp³-hybridized carbons (Fsp3) is 0.0833. The van der Waals surface area contributed by atoms with Gasteiger partial charge in [0.05, 0.1) is 12.7 Å². The Morgan fingerprint density at radius 3 is 2.81 bits per heavy atom. The molecular weight excluding hydrogens is 227 g/mol. The predicted molar refractivity (Wildman–Crippen MR) is 60.7 cm³/mol.